The lowest BCUT2D eigenvalue weighted by Crippen LogP contribution is -2.05. The van der Waals surface area contributed by atoms with Crippen molar-refractivity contribution in [3.8, 4) is 5.88 Å². The lowest BCUT2D eigenvalue weighted by molar-refractivity contribution is 0.172. The van der Waals surface area contributed by atoms with E-state index in [1.165, 1.54) is 11.1 Å². The second kappa shape index (κ2) is 5.67. The molecule has 0 bridgehead atoms. The molecule has 1 atom stereocenters. The van der Waals surface area contributed by atoms with Gasteiger partial charge in [-0.1, -0.05) is 29.3 Å². The van der Waals surface area contributed by atoms with Crippen LogP contribution in [0.1, 0.15) is 34.1 Å². The van der Waals surface area contributed by atoms with Crippen LogP contribution < -0.4 is 4.74 Å². The van der Waals surface area contributed by atoms with Crippen molar-refractivity contribution in [2.24, 2.45) is 7.05 Å². The molecule has 0 radical (unpaired) electrons. The highest BCUT2D eigenvalue weighted by molar-refractivity contribution is 5.36. The number of aryl methyl sites for hydroxylation is 4. The largest absolute Gasteiger partial charge is 0.481 e. The smallest absolute Gasteiger partial charge is 0.217 e. The van der Waals surface area contributed by atoms with Crippen molar-refractivity contribution in [1.82, 2.24) is 9.78 Å². The number of hydrogen-bond donors (Lipinski definition) is 1. The van der Waals surface area contributed by atoms with Crippen molar-refractivity contribution < 1.29 is 9.84 Å². The molecule has 0 amide bonds. The monoisotopic (exact) mass is 274 g/mol. The van der Waals surface area contributed by atoms with Gasteiger partial charge in [0.1, 0.15) is 0 Å². The van der Waals surface area contributed by atoms with Gasteiger partial charge in [-0.05, 0) is 26.3 Å². The van der Waals surface area contributed by atoms with E-state index in [1.54, 1.807) is 11.8 Å². The summed E-state index contributed by atoms with van der Waals surface area (Å²) in [6.07, 6.45) is -0.0503. The molecule has 2 rings (SSSR count). The summed E-state index contributed by atoms with van der Waals surface area (Å²) in [5.74, 6) is 0.624. The fourth-order valence-electron chi connectivity index (χ4n) is 2.79. The third-order valence-electron chi connectivity index (χ3n) is 3.45. The molecule has 1 aromatic carbocycles. The van der Waals surface area contributed by atoms with Crippen LogP contribution >= 0.6 is 0 Å². The Bertz CT molecular complexity index is 597. The first-order valence-corrected chi connectivity index (χ1v) is 6.75. The Hall–Kier alpha value is -1.81. The van der Waals surface area contributed by atoms with Crippen LogP contribution in [0.3, 0.4) is 0 Å². The molecule has 1 unspecified atom stereocenters. The van der Waals surface area contributed by atoms with E-state index in [0.29, 0.717) is 12.3 Å². The van der Waals surface area contributed by atoms with Crippen molar-refractivity contribution in [2.45, 2.75) is 33.3 Å². The molecule has 0 fully saturated rings. The maximum Gasteiger partial charge on any atom is 0.217 e. The van der Waals surface area contributed by atoms with Crippen LogP contribution in [0.25, 0.3) is 0 Å². The second-order valence-electron chi connectivity index (χ2n) is 5.35. The summed E-state index contributed by atoms with van der Waals surface area (Å²) in [5, 5.41) is 14.8. The maximum atomic E-state index is 10.5. The first kappa shape index (κ1) is 14.6. The van der Waals surface area contributed by atoms with Gasteiger partial charge in [0.25, 0.3) is 0 Å². The van der Waals surface area contributed by atoms with Gasteiger partial charge >= 0.3 is 0 Å². The number of nitrogens with zero attached hydrogens (tertiary/aromatic N) is 2. The molecular weight excluding hydrogens is 252 g/mol. The van der Waals surface area contributed by atoms with E-state index >= 15 is 0 Å². The van der Waals surface area contributed by atoms with Crippen molar-refractivity contribution >= 4 is 0 Å². The zero-order chi connectivity index (χ0) is 14.9. The van der Waals surface area contributed by atoms with Gasteiger partial charge in [-0.2, -0.15) is 5.10 Å². The van der Waals surface area contributed by atoms with E-state index in [-0.39, 0.29) is 0 Å². The lowest BCUT2D eigenvalue weighted by atomic mass is 9.98. The summed E-state index contributed by atoms with van der Waals surface area (Å²) in [5.41, 5.74) is 5.12. The molecule has 0 aliphatic carbocycles. The van der Waals surface area contributed by atoms with Gasteiger partial charge in [-0.15, -0.1) is 0 Å². The predicted octanol–water partition coefficient (Wildman–Crippen LogP) is 2.63. The van der Waals surface area contributed by atoms with Crippen LogP contribution in [0, 0.1) is 20.8 Å². The van der Waals surface area contributed by atoms with Gasteiger partial charge < -0.3 is 9.84 Å². The summed E-state index contributed by atoms with van der Waals surface area (Å²) < 4.78 is 7.01. The van der Waals surface area contributed by atoms with Crippen LogP contribution in [-0.4, -0.2) is 22.0 Å². The van der Waals surface area contributed by atoms with Crippen molar-refractivity contribution in [3.05, 3.63) is 46.1 Å². The Morgan fingerprint density at radius 1 is 1.20 bits per heavy atom. The summed E-state index contributed by atoms with van der Waals surface area (Å²) in [4.78, 5) is 0. The van der Waals surface area contributed by atoms with E-state index in [0.717, 1.165) is 16.8 Å². The topological polar surface area (TPSA) is 47.3 Å². The highest BCUT2D eigenvalue weighted by Crippen LogP contribution is 2.30. The summed E-state index contributed by atoms with van der Waals surface area (Å²) in [7, 11) is 3.42. The van der Waals surface area contributed by atoms with Gasteiger partial charge in [0.15, 0.2) is 0 Å². The van der Waals surface area contributed by atoms with Crippen LogP contribution in [0.15, 0.2) is 18.2 Å². The third kappa shape index (κ3) is 2.85. The van der Waals surface area contributed by atoms with Gasteiger partial charge in [0, 0.05) is 13.5 Å². The number of benzene rings is 1. The van der Waals surface area contributed by atoms with Crippen LogP contribution in [0.2, 0.25) is 0 Å². The van der Waals surface area contributed by atoms with Gasteiger partial charge in [-0.25, -0.2) is 4.68 Å². The van der Waals surface area contributed by atoms with Crippen LogP contribution in [0.5, 0.6) is 5.88 Å². The lowest BCUT2D eigenvalue weighted by Gasteiger charge is -2.13. The fourth-order valence-corrected chi connectivity index (χ4v) is 2.79. The van der Waals surface area contributed by atoms with E-state index in [4.69, 9.17) is 4.74 Å². The standard InChI is InChI=1S/C16H22N2O2/c1-10-6-11(2)8-13(7-10)9-14(19)15-12(3)17-18(4)16(15)20-5/h6-8,14,19H,9H2,1-5H3. The van der Waals surface area contributed by atoms with Crippen molar-refractivity contribution in [3.63, 3.8) is 0 Å². The molecule has 0 aliphatic heterocycles. The third-order valence-corrected chi connectivity index (χ3v) is 3.45. The molecule has 0 aliphatic rings. The van der Waals surface area contributed by atoms with Crippen LogP contribution in [-0.2, 0) is 13.5 Å². The quantitative estimate of drug-likeness (QED) is 0.932. The molecule has 0 saturated heterocycles. The molecular formula is C16H22N2O2. The number of hydrogen-bond acceptors (Lipinski definition) is 3. The SMILES string of the molecule is COc1c(C(O)Cc2cc(C)cc(C)c2)c(C)nn1C. The molecule has 1 heterocycles. The molecule has 0 saturated carbocycles. The van der Waals surface area contributed by atoms with Gasteiger partial charge in [0.2, 0.25) is 5.88 Å². The highest BCUT2D eigenvalue weighted by atomic mass is 16.5. The molecule has 108 valence electrons. The Balaban J connectivity index is 2.30. The minimum absolute atomic E-state index is 0.561. The number of aliphatic hydroxyl groups excluding tert-OH is 1. The Kier molecular flexibility index (Phi) is 4.14. The number of rotatable bonds is 4. The number of aromatic nitrogens is 2. The fraction of sp³-hybridized carbons (Fsp3) is 0.438. The summed E-state index contributed by atoms with van der Waals surface area (Å²) in [6, 6.07) is 6.34. The van der Waals surface area contributed by atoms with E-state index in [1.807, 2.05) is 14.0 Å². The summed E-state index contributed by atoms with van der Waals surface area (Å²) in [6.45, 7) is 6.03. The van der Waals surface area contributed by atoms with Crippen molar-refractivity contribution in [1.29, 1.82) is 0 Å². The van der Waals surface area contributed by atoms with Crippen molar-refractivity contribution in [2.75, 3.05) is 7.11 Å². The Morgan fingerprint density at radius 3 is 2.35 bits per heavy atom. The minimum Gasteiger partial charge on any atom is -0.481 e. The zero-order valence-corrected chi connectivity index (χ0v) is 12.8. The van der Waals surface area contributed by atoms with E-state index in [2.05, 4.69) is 37.1 Å². The van der Waals surface area contributed by atoms with Crippen LogP contribution in [0.4, 0.5) is 0 Å². The normalized spacial score (nSPS) is 12.5. The maximum absolute atomic E-state index is 10.5. The Labute approximate surface area is 120 Å². The zero-order valence-electron chi connectivity index (χ0n) is 12.8. The Morgan fingerprint density at radius 2 is 1.80 bits per heavy atom. The first-order valence-electron chi connectivity index (χ1n) is 6.75. The minimum atomic E-state index is -0.611. The second-order valence-corrected chi connectivity index (χ2v) is 5.35. The molecule has 20 heavy (non-hydrogen) atoms. The molecule has 4 nitrogen and oxygen atoms in total. The average Bonchev–Trinajstić information content (AvgIpc) is 2.61. The molecule has 1 aromatic heterocycles. The first-order chi connectivity index (χ1) is 9.42. The van der Waals surface area contributed by atoms with E-state index in [9.17, 15) is 5.11 Å². The number of aliphatic hydroxyl groups is 1. The van der Waals surface area contributed by atoms with Gasteiger partial charge in [-0.3, -0.25) is 0 Å². The molecule has 0 spiro atoms. The van der Waals surface area contributed by atoms with E-state index < -0.39 is 6.10 Å². The molecule has 4 heteroatoms. The number of methoxy groups -OCH3 is 1. The average molecular weight is 274 g/mol. The summed E-state index contributed by atoms with van der Waals surface area (Å²) >= 11 is 0. The highest BCUT2D eigenvalue weighted by Gasteiger charge is 2.21. The number of ether oxygens (including phenoxy) is 1. The molecule has 1 N–H and O–H groups in total. The predicted molar refractivity (Wildman–Crippen MR) is 79.1 cm³/mol. The molecule has 2 aromatic rings. The van der Waals surface area contributed by atoms with Gasteiger partial charge in [0.05, 0.1) is 24.5 Å².